The number of hydrogen-bond donors (Lipinski definition) is 2. The van der Waals surface area contributed by atoms with E-state index >= 15 is 0 Å². The zero-order valence-electron chi connectivity index (χ0n) is 13.6. The van der Waals surface area contributed by atoms with Gasteiger partial charge in [0.2, 0.25) is 0 Å². The van der Waals surface area contributed by atoms with E-state index in [9.17, 15) is 18.6 Å². The molecule has 0 amide bonds. The molecule has 0 aliphatic carbocycles. The fraction of sp³-hybridized carbons (Fsp3) is 0.176. The Morgan fingerprint density at radius 2 is 1.80 bits per heavy atom. The van der Waals surface area contributed by atoms with Crippen molar-refractivity contribution in [3.8, 4) is 17.1 Å². The molecule has 130 valence electrons. The molecule has 0 aliphatic heterocycles. The SMILES string of the molecule is CC(C)c1ccc(O)c(-n2[nH]c(=O)n(-c3ccc(SF)cc3)c2=O)c1. The molecule has 25 heavy (non-hydrogen) atoms. The largest absolute Gasteiger partial charge is 0.506 e. The fourth-order valence-electron chi connectivity index (χ4n) is 2.50. The topological polar surface area (TPSA) is 80.0 Å². The van der Waals surface area contributed by atoms with Crippen molar-refractivity contribution in [2.75, 3.05) is 0 Å². The summed E-state index contributed by atoms with van der Waals surface area (Å²) in [5.41, 5.74) is 0.116. The first-order valence-corrected chi connectivity index (χ1v) is 8.30. The summed E-state index contributed by atoms with van der Waals surface area (Å²) in [4.78, 5) is 25.3. The summed E-state index contributed by atoms with van der Waals surface area (Å²) in [6.07, 6.45) is 0. The highest BCUT2D eigenvalue weighted by Gasteiger charge is 2.16. The molecule has 0 spiro atoms. The normalized spacial score (nSPS) is 11.2. The van der Waals surface area contributed by atoms with E-state index in [0.717, 1.165) is 14.8 Å². The van der Waals surface area contributed by atoms with E-state index in [0.29, 0.717) is 10.6 Å². The number of hydrogen-bond acceptors (Lipinski definition) is 4. The summed E-state index contributed by atoms with van der Waals surface area (Å²) in [5, 5.41) is 12.5. The van der Waals surface area contributed by atoms with Crippen molar-refractivity contribution in [3.63, 3.8) is 0 Å². The predicted molar refractivity (Wildman–Crippen MR) is 94.7 cm³/mol. The quantitative estimate of drug-likeness (QED) is 0.748. The summed E-state index contributed by atoms with van der Waals surface area (Å²) in [7, 11) is 0. The van der Waals surface area contributed by atoms with Crippen molar-refractivity contribution < 1.29 is 8.99 Å². The van der Waals surface area contributed by atoms with Gasteiger partial charge in [-0.1, -0.05) is 19.9 Å². The minimum absolute atomic E-state index is 0.0778. The van der Waals surface area contributed by atoms with Crippen LogP contribution in [0.15, 0.2) is 56.9 Å². The molecule has 2 aromatic carbocycles. The number of nitrogens with zero attached hydrogens (tertiary/aromatic N) is 2. The Morgan fingerprint density at radius 1 is 1.12 bits per heavy atom. The zero-order chi connectivity index (χ0) is 18.1. The lowest BCUT2D eigenvalue weighted by atomic mass is 10.0. The van der Waals surface area contributed by atoms with Crippen LogP contribution < -0.4 is 11.4 Å². The average molecular weight is 361 g/mol. The van der Waals surface area contributed by atoms with Crippen molar-refractivity contribution in [3.05, 3.63) is 69.0 Å². The van der Waals surface area contributed by atoms with Gasteiger partial charge in [-0.05, 0) is 47.9 Å². The van der Waals surface area contributed by atoms with Crippen molar-refractivity contribution in [1.82, 2.24) is 14.3 Å². The van der Waals surface area contributed by atoms with Crippen LogP contribution in [0.5, 0.6) is 5.75 Å². The lowest BCUT2D eigenvalue weighted by Gasteiger charge is -2.09. The van der Waals surface area contributed by atoms with E-state index in [4.69, 9.17) is 0 Å². The van der Waals surface area contributed by atoms with Crippen LogP contribution in [-0.2, 0) is 0 Å². The monoisotopic (exact) mass is 361 g/mol. The van der Waals surface area contributed by atoms with Crippen molar-refractivity contribution in [1.29, 1.82) is 0 Å². The molecular weight excluding hydrogens is 345 g/mol. The average Bonchev–Trinajstić information content (AvgIpc) is 2.89. The van der Waals surface area contributed by atoms with Crippen molar-refractivity contribution in [2.24, 2.45) is 0 Å². The summed E-state index contributed by atoms with van der Waals surface area (Å²) < 4.78 is 14.5. The standard InChI is InChI=1S/C17H16FN3O3S/c1-10(2)11-3-8-15(22)14(9-11)21-17(24)20(16(23)19-21)12-4-6-13(25-18)7-5-12/h3-10,22H,1-2H3,(H,19,23). The van der Waals surface area contributed by atoms with Gasteiger partial charge in [-0.3, -0.25) is 0 Å². The van der Waals surface area contributed by atoms with Gasteiger partial charge in [-0.15, -0.1) is 0 Å². The molecular formula is C17H16FN3O3S. The van der Waals surface area contributed by atoms with Gasteiger partial charge in [0.05, 0.1) is 17.8 Å². The van der Waals surface area contributed by atoms with Crippen LogP contribution in [0, 0.1) is 0 Å². The van der Waals surface area contributed by atoms with Gasteiger partial charge in [-0.25, -0.2) is 19.3 Å². The van der Waals surface area contributed by atoms with Gasteiger partial charge in [0.15, 0.2) is 0 Å². The molecule has 3 rings (SSSR count). The third-order valence-electron chi connectivity index (χ3n) is 3.88. The van der Waals surface area contributed by atoms with Gasteiger partial charge in [0.25, 0.3) is 0 Å². The molecule has 3 aromatic rings. The van der Waals surface area contributed by atoms with Gasteiger partial charge in [-0.2, -0.15) is 8.57 Å². The first-order chi connectivity index (χ1) is 11.9. The Hall–Kier alpha value is -2.74. The Labute approximate surface area is 146 Å². The number of phenolic OH excluding ortho intramolecular Hbond substituents is 1. The molecule has 8 heteroatoms. The van der Waals surface area contributed by atoms with E-state index in [1.807, 2.05) is 13.8 Å². The summed E-state index contributed by atoms with van der Waals surface area (Å²) in [6.45, 7) is 3.97. The third kappa shape index (κ3) is 3.12. The molecule has 6 nitrogen and oxygen atoms in total. The smallest absolute Gasteiger partial charge is 0.356 e. The highest BCUT2D eigenvalue weighted by Crippen LogP contribution is 2.25. The molecule has 0 atom stereocenters. The van der Waals surface area contributed by atoms with E-state index in [-0.39, 0.29) is 29.5 Å². The van der Waals surface area contributed by atoms with E-state index in [2.05, 4.69) is 5.10 Å². The predicted octanol–water partition coefficient (Wildman–Crippen LogP) is 3.12. The van der Waals surface area contributed by atoms with Gasteiger partial charge in [0, 0.05) is 4.90 Å². The summed E-state index contributed by atoms with van der Waals surface area (Å²) >= 11 is 0.0778. The van der Waals surface area contributed by atoms with Gasteiger partial charge in [0.1, 0.15) is 11.4 Å². The van der Waals surface area contributed by atoms with Gasteiger partial charge >= 0.3 is 11.4 Å². The van der Waals surface area contributed by atoms with Crippen LogP contribution in [0.2, 0.25) is 0 Å². The number of aromatic nitrogens is 3. The molecule has 0 saturated heterocycles. The van der Waals surface area contributed by atoms with Crippen molar-refractivity contribution in [2.45, 2.75) is 24.7 Å². The molecule has 0 fully saturated rings. The van der Waals surface area contributed by atoms with Crippen LogP contribution in [0.1, 0.15) is 25.3 Å². The maximum absolute atomic E-state index is 12.7. The molecule has 2 N–H and O–H groups in total. The van der Waals surface area contributed by atoms with Crippen molar-refractivity contribution >= 4 is 12.1 Å². The number of phenols is 1. The highest BCUT2D eigenvalue weighted by molar-refractivity contribution is 7.94. The highest BCUT2D eigenvalue weighted by atomic mass is 32.2. The number of benzene rings is 2. The minimum Gasteiger partial charge on any atom is -0.506 e. The molecule has 0 radical (unpaired) electrons. The number of H-pyrrole nitrogens is 1. The number of rotatable bonds is 4. The van der Waals surface area contributed by atoms with Gasteiger partial charge < -0.3 is 5.11 Å². The zero-order valence-corrected chi connectivity index (χ0v) is 14.4. The van der Waals surface area contributed by atoms with Crippen LogP contribution in [0.4, 0.5) is 3.89 Å². The minimum atomic E-state index is -0.653. The van der Waals surface area contributed by atoms with Crippen LogP contribution >= 0.6 is 12.1 Å². The molecule has 1 aromatic heterocycles. The second kappa shape index (κ2) is 6.64. The molecule has 0 aliphatic rings. The lowest BCUT2D eigenvalue weighted by Crippen LogP contribution is -2.26. The Bertz CT molecular complexity index is 1020. The van der Waals surface area contributed by atoms with Crippen LogP contribution in [0.25, 0.3) is 11.4 Å². The molecule has 0 bridgehead atoms. The summed E-state index contributed by atoms with van der Waals surface area (Å²) in [6, 6.07) is 10.8. The van der Waals surface area contributed by atoms with E-state index < -0.39 is 11.4 Å². The Morgan fingerprint density at radius 3 is 2.40 bits per heavy atom. The Balaban J connectivity index is 2.16. The second-order valence-corrected chi connectivity index (χ2v) is 6.47. The first-order valence-electron chi connectivity index (χ1n) is 7.58. The number of aromatic hydroxyl groups is 1. The molecule has 0 saturated carbocycles. The van der Waals surface area contributed by atoms with Crippen LogP contribution in [0.3, 0.4) is 0 Å². The lowest BCUT2D eigenvalue weighted by molar-refractivity contribution is 0.469. The second-order valence-electron chi connectivity index (χ2n) is 5.84. The Kier molecular flexibility index (Phi) is 4.54. The number of halogens is 1. The third-order valence-corrected chi connectivity index (χ3v) is 4.33. The maximum Gasteiger partial charge on any atom is 0.356 e. The maximum atomic E-state index is 12.7. The van der Waals surface area contributed by atoms with Crippen LogP contribution in [-0.4, -0.2) is 19.5 Å². The number of aromatic amines is 1. The number of nitrogens with one attached hydrogen (secondary N) is 1. The van der Waals surface area contributed by atoms with E-state index in [1.54, 1.807) is 12.1 Å². The first kappa shape index (κ1) is 17.1. The molecule has 1 heterocycles. The summed E-state index contributed by atoms with van der Waals surface area (Å²) in [5.74, 6) is 0.0682. The van der Waals surface area contributed by atoms with E-state index in [1.165, 1.54) is 30.3 Å². The fourth-order valence-corrected chi connectivity index (χ4v) is 2.74. The molecule has 0 unspecified atom stereocenters.